The molecule has 0 aromatic heterocycles. The van der Waals surface area contributed by atoms with E-state index < -0.39 is 14.9 Å². The van der Waals surface area contributed by atoms with Gasteiger partial charge in [0.05, 0.1) is 4.92 Å². The highest BCUT2D eigenvalue weighted by Gasteiger charge is 2.36. The van der Waals surface area contributed by atoms with Crippen LogP contribution in [0.25, 0.3) is 0 Å². The zero-order valence-corrected chi connectivity index (χ0v) is 13.0. The fraction of sp³-hybridized carbons (Fsp3) is 0.571. The molecule has 0 spiro atoms. The first-order valence-electron chi connectivity index (χ1n) is 7.44. The van der Waals surface area contributed by atoms with Crippen LogP contribution in [0, 0.1) is 22.0 Å². The van der Waals surface area contributed by atoms with Crippen molar-refractivity contribution in [2.24, 2.45) is 11.8 Å². The van der Waals surface area contributed by atoms with Crippen molar-refractivity contribution < 1.29 is 13.3 Å². The quantitative estimate of drug-likeness (QED) is 0.666. The molecule has 0 aliphatic carbocycles. The summed E-state index contributed by atoms with van der Waals surface area (Å²) in [6, 6.07) is 5.57. The van der Waals surface area contributed by atoms with E-state index >= 15 is 0 Å². The summed E-state index contributed by atoms with van der Waals surface area (Å²) in [5, 5.41) is 14.4. The smallest absolute Gasteiger partial charge is 0.289 e. The number of sulfonamides is 1. The Morgan fingerprint density at radius 1 is 1.14 bits per heavy atom. The van der Waals surface area contributed by atoms with Crippen molar-refractivity contribution in [3.05, 3.63) is 34.4 Å². The van der Waals surface area contributed by atoms with E-state index in [0.717, 1.165) is 25.9 Å². The van der Waals surface area contributed by atoms with E-state index in [1.807, 2.05) is 0 Å². The molecule has 22 heavy (non-hydrogen) atoms. The minimum Gasteiger partial charge on any atom is -0.316 e. The van der Waals surface area contributed by atoms with Gasteiger partial charge < -0.3 is 5.32 Å². The third kappa shape index (κ3) is 2.73. The molecular weight excluding hydrogens is 306 g/mol. The predicted molar refractivity (Wildman–Crippen MR) is 80.9 cm³/mol. The molecule has 1 aromatic carbocycles. The number of nitrogens with one attached hydrogen (secondary N) is 1. The first-order chi connectivity index (χ1) is 10.5. The number of nitrogens with zero attached hydrogens (tertiary/aromatic N) is 2. The molecule has 120 valence electrons. The topological polar surface area (TPSA) is 92.5 Å². The molecule has 0 saturated carbocycles. The van der Waals surface area contributed by atoms with Gasteiger partial charge in [-0.05, 0) is 43.8 Å². The summed E-state index contributed by atoms with van der Waals surface area (Å²) < 4.78 is 27.0. The molecular formula is C14H19N3O4S. The van der Waals surface area contributed by atoms with Gasteiger partial charge in [0, 0.05) is 19.2 Å². The number of fused-ring (bicyclic) bond motifs is 1. The molecule has 0 amide bonds. The Hall–Kier alpha value is -1.51. The Morgan fingerprint density at radius 3 is 2.32 bits per heavy atom. The van der Waals surface area contributed by atoms with Crippen LogP contribution in [0.5, 0.6) is 0 Å². The normalized spacial score (nSPS) is 26.4. The van der Waals surface area contributed by atoms with Gasteiger partial charge in [-0.3, -0.25) is 10.1 Å². The van der Waals surface area contributed by atoms with E-state index in [1.165, 1.54) is 28.6 Å². The van der Waals surface area contributed by atoms with Crippen molar-refractivity contribution in [1.29, 1.82) is 0 Å². The van der Waals surface area contributed by atoms with Crippen molar-refractivity contribution in [3.63, 3.8) is 0 Å². The summed E-state index contributed by atoms with van der Waals surface area (Å²) >= 11 is 0. The van der Waals surface area contributed by atoms with Crippen molar-refractivity contribution in [2.45, 2.75) is 17.7 Å². The van der Waals surface area contributed by atoms with Crippen LogP contribution in [0.2, 0.25) is 0 Å². The number of nitro groups is 1. The van der Waals surface area contributed by atoms with Crippen LogP contribution < -0.4 is 5.32 Å². The fourth-order valence-corrected chi connectivity index (χ4v) is 5.03. The van der Waals surface area contributed by atoms with Gasteiger partial charge in [-0.1, -0.05) is 12.1 Å². The van der Waals surface area contributed by atoms with Gasteiger partial charge in [-0.25, -0.2) is 8.42 Å². The molecule has 2 aliphatic rings. The van der Waals surface area contributed by atoms with E-state index in [4.69, 9.17) is 0 Å². The van der Waals surface area contributed by atoms with Crippen molar-refractivity contribution in [3.8, 4) is 0 Å². The predicted octanol–water partition coefficient (Wildman–Crippen LogP) is 1.21. The van der Waals surface area contributed by atoms with Crippen LogP contribution in [0.15, 0.2) is 29.2 Å². The highest BCUT2D eigenvalue weighted by molar-refractivity contribution is 7.89. The lowest BCUT2D eigenvalue weighted by Crippen LogP contribution is -2.33. The molecule has 8 heteroatoms. The second kappa shape index (κ2) is 5.94. The highest BCUT2D eigenvalue weighted by atomic mass is 32.2. The summed E-state index contributed by atoms with van der Waals surface area (Å²) in [7, 11) is -3.82. The third-order valence-corrected chi connectivity index (χ3v) is 6.60. The van der Waals surface area contributed by atoms with Gasteiger partial charge in [0.25, 0.3) is 5.69 Å². The van der Waals surface area contributed by atoms with Gasteiger partial charge in [-0.2, -0.15) is 4.31 Å². The van der Waals surface area contributed by atoms with E-state index in [2.05, 4.69) is 5.32 Å². The first kappa shape index (κ1) is 15.4. The molecule has 2 fully saturated rings. The zero-order chi connectivity index (χ0) is 15.7. The number of hydrogen-bond donors (Lipinski definition) is 1. The van der Waals surface area contributed by atoms with Crippen molar-refractivity contribution in [2.75, 3.05) is 26.2 Å². The maximum absolute atomic E-state index is 12.8. The lowest BCUT2D eigenvalue weighted by atomic mass is 9.92. The Kier molecular flexibility index (Phi) is 4.16. The standard InChI is InChI=1S/C14H19N3O4S/c18-17(19)13-3-1-2-4-14(13)22(20,21)16-7-5-11-9-15-10-12(11)6-8-16/h1-4,11-12,15H,5-10H2/t11-,12+. The van der Waals surface area contributed by atoms with Crippen LogP contribution in [0.1, 0.15) is 12.8 Å². The SMILES string of the molecule is O=[N+]([O-])c1ccccc1S(=O)(=O)N1CC[C@@H]2CNC[C@@H]2CC1. The summed E-state index contributed by atoms with van der Waals surface area (Å²) in [6.45, 7) is 2.72. The molecule has 0 radical (unpaired) electrons. The van der Waals surface area contributed by atoms with E-state index in [9.17, 15) is 18.5 Å². The van der Waals surface area contributed by atoms with Gasteiger partial charge in [0.1, 0.15) is 0 Å². The maximum atomic E-state index is 12.8. The summed E-state index contributed by atoms with van der Waals surface area (Å²) in [4.78, 5) is 10.3. The van der Waals surface area contributed by atoms with Crippen molar-refractivity contribution >= 4 is 15.7 Å². The average molecular weight is 325 g/mol. The number of rotatable bonds is 3. The number of benzene rings is 1. The minimum absolute atomic E-state index is 0.204. The van der Waals surface area contributed by atoms with Crippen LogP contribution in [0.4, 0.5) is 5.69 Å². The maximum Gasteiger partial charge on any atom is 0.289 e. The van der Waals surface area contributed by atoms with Crippen LogP contribution >= 0.6 is 0 Å². The number of hydrogen-bond acceptors (Lipinski definition) is 5. The monoisotopic (exact) mass is 325 g/mol. The lowest BCUT2D eigenvalue weighted by molar-refractivity contribution is -0.387. The second-order valence-corrected chi connectivity index (χ2v) is 7.79. The summed E-state index contributed by atoms with van der Waals surface area (Å²) in [6.07, 6.45) is 1.61. The highest BCUT2D eigenvalue weighted by Crippen LogP contribution is 2.32. The van der Waals surface area contributed by atoms with Gasteiger partial charge in [-0.15, -0.1) is 0 Å². The van der Waals surface area contributed by atoms with E-state index in [-0.39, 0.29) is 10.6 Å². The van der Waals surface area contributed by atoms with Crippen LogP contribution in [-0.2, 0) is 10.0 Å². The number of nitro benzene ring substituents is 1. The molecule has 1 aromatic rings. The summed E-state index contributed by atoms with van der Waals surface area (Å²) in [5.41, 5.74) is -0.353. The molecule has 0 bridgehead atoms. The van der Waals surface area contributed by atoms with E-state index in [1.54, 1.807) is 0 Å². The Labute approximate surface area is 129 Å². The molecule has 1 N–H and O–H groups in total. The largest absolute Gasteiger partial charge is 0.316 e. The first-order valence-corrected chi connectivity index (χ1v) is 8.88. The van der Waals surface area contributed by atoms with Gasteiger partial charge >= 0.3 is 0 Å². The molecule has 2 saturated heterocycles. The molecule has 2 aliphatic heterocycles. The minimum atomic E-state index is -3.82. The van der Waals surface area contributed by atoms with Crippen LogP contribution in [-0.4, -0.2) is 43.8 Å². The van der Waals surface area contributed by atoms with Gasteiger partial charge in [0.2, 0.25) is 10.0 Å². The van der Waals surface area contributed by atoms with Crippen LogP contribution in [0.3, 0.4) is 0 Å². The summed E-state index contributed by atoms with van der Waals surface area (Å²) in [5.74, 6) is 1.01. The average Bonchev–Trinajstić information content (AvgIpc) is 2.85. The van der Waals surface area contributed by atoms with Crippen molar-refractivity contribution in [1.82, 2.24) is 9.62 Å². The Bertz CT molecular complexity index is 662. The van der Waals surface area contributed by atoms with E-state index in [0.29, 0.717) is 24.9 Å². The Balaban J connectivity index is 1.89. The molecule has 2 heterocycles. The number of para-hydroxylation sites is 1. The molecule has 3 rings (SSSR count). The second-order valence-electron chi connectivity index (χ2n) is 5.88. The lowest BCUT2D eigenvalue weighted by Gasteiger charge is -2.20. The molecule has 2 atom stereocenters. The molecule has 0 unspecified atom stereocenters. The fourth-order valence-electron chi connectivity index (χ4n) is 3.40. The van der Waals surface area contributed by atoms with Gasteiger partial charge in [0.15, 0.2) is 4.90 Å². The Morgan fingerprint density at radius 2 is 1.73 bits per heavy atom. The third-order valence-electron chi connectivity index (χ3n) is 4.66. The zero-order valence-electron chi connectivity index (χ0n) is 12.1. The molecule has 7 nitrogen and oxygen atoms in total.